The van der Waals surface area contributed by atoms with Crippen molar-refractivity contribution in [2.45, 2.75) is 61.9 Å². The molecule has 0 unspecified atom stereocenters. The predicted molar refractivity (Wildman–Crippen MR) is 123 cm³/mol. The first-order chi connectivity index (χ1) is 13.5. The average molecular weight is 405 g/mol. The molecule has 1 aromatic carbocycles. The molecule has 0 bridgehead atoms. The Balaban J connectivity index is 0.000000500. The third kappa shape index (κ3) is 6.83. The Labute approximate surface area is 174 Å². The Bertz CT molecular complexity index is 645. The number of hydrogen-bond acceptors (Lipinski definition) is 5. The van der Waals surface area contributed by atoms with Crippen LogP contribution in [0.5, 0.6) is 0 Å². The molecule has 3 rings (SSSR count). The van der Waals surface area contributed by atoms with Crippen LogP contribution in [0.4, 0.5) is 5.69 Å². The van der Waals surface area contributed by atoms with Gasteiger partial charge in [-0.25, -0.2) is 4.99 Å². The quantitative estimate of drug-likeness (QED) is 0.301. The zero-order valence-electron chi connectivity index (χ0n) is 17.3. The first-order valence-corrected chi connectivity index (χ1v) is 11.3. The van der Waals surface area contributed by atoms with E-state index >= 15 is 0 Å². The minimum absolute atomic E-state index is 0.190. The van der Waals surface area contributed by atoms with Gasteiger partial charge < -0.3 is 21.9 Å². The van der Waals surface area contributed by atoms with Gasteiger partial charge >= 0.3 is 0 Å². The van der Waals surface area contributed by atoms with E-state index in [1.807, 2.05) is 24.3 Å². The molecule has 0 aromatic heterocycles. The Morgan fingerprint density at radius 1 is 1.29 bits per heavy atom. The van der Waals surface area contributed by atoms with E-state index in [-0.39, 0.29) is 11.4 Å². The number of aliphatic hydroxyl groups excluding tert-OH is 1. The number of likely N-dealkylation sites (N-methyl/N-ethyl adjacent to an activating group) is 1. The van der Waals surface area contributed by atoms with Crippen LogP contribution in [0.2, 0.25) is 0 Å². The van der Waals surface area contributed by atoms with Gasteiger partial charge in [-0.2, -0.15) is 0 Å². The van der Waals surface area contributed by atoms with Crippen molar-refractivity contribution in [3.8, 4) is 0 Å². The molecular formula is C22H36N4OS. The van der Waals surface area contributed by atoms with E-state index in [0.29, 0.717) is 12.4 Å². The highest BCUT2D eigenvalue weighted by Crippen LogP contribution is 2.54. The number of anilines is 1. The van der Waals surface area contributed by atoms with Crippen molar-refractivity contribution >= 4 is 23.3 Å². The molecule has 0 atom stereocenters. The number of rotatable bonds is 8. The molecule has 0 heterocycles. The maximum atomic E-state index is 8.00. The molecule has 156 valence electrons. The summed E-state index contributed by atoms with van der Waals surface area (Å²) in [6.07, 6.45) is 11.1. The van der Waals surface area contributed by atoms with E-state index in [2.05, 4.69) is 30.1 Å². The number of allylic oxidation sites excluding steroid dienone is 1. The van der Waals surface area contributed by atoms with Crippen LogP contribution in [0.1, 0.15) is 57.4 Å². The van der Waals surface area contributed by atoms with Crippen LogP contribution in [0.25, 0.3) is 0 Å². The van der Waals surface area contributed by atoms with Crippen molar-refractivity contribution in [3.05, 3.63) is 41.6 Å². The highest BCUT2D eigenvalue weighted by molar-refractivity contribution is 8.01. The molecular weight excluding hydrogens is 368 g/mol. The maximum absolute atomic E-state index is 8.00. The van der Waals surface area contributed by atoms with Gasteiger partial charge in [0.2, 0.25) is 0 Å². The number of benzene rings is 1. The number of aliphatic imine (C=N–C) groups is 1. The molecule has 1 aromatic rings. The van der Waals surface area contributed by atoms with Crippen molar-refractivity contribution in [2.75, 3.05) is 25.9 Å². The van der Waals surface area contributed by atoms with E-state index in [1.54, 1.807) is 7.05 Å². The van der Waals surface area contributed by atoms with E-state index in [0.717, 1.165) is 22.9 Å². The second-order valence-corrected chi connectivity index (χ2v) is 9.15. The van der Waals surface area contributed by atoms with Gasteiger partial charge in [0.1, 0.15) is 5.84 Å². The van der Waals surface area contributed by atoms with Gasteiger partial charge in [-0.3, -0.25) is 0 Å². The number of nitrogens with two attached hydrogens (primary N) is 2. The van der Waals surface area contributed by atoms with E-state index in [1.165, 1.54) is 44.2 Å². The maximum Gasteiger partial charge on any atom is 0.130 e. The van der Waals surface area contributed by atoms with Crippen molar-refractivity contribution in [1.82, 2.24) is 5.32 Å². The Hall–Kier alpha value is -1.50. The van der Waals surface area contributed by atoms with Crippen molar-refractivity contribution in [3.63, 3.8) is 0 Å². The summed E-state index contributed by atoms with van der Waals surface area (Å²) in [5, 5.41) is 11.6. The first kappa shape index (κ1) is 22.8. The third-order valence-electron chi connectivity index (χ3n) is 5.00. The lowest BCUT2D eigenvalue weighted by Crippen LogP contribution is -2.26. The molecule has 0 aliphatic heterocycles. The normalized spacial score (nSPS) is 19.2. The molecule has 2 saturated carbocycles. The Morgan fingerprint density at radius 3 is 2.39 bits per heavy atom. The highest BCUT2D eigenvalue weighted by Gasteiger charge is 2.42. The SMILES string of the molecule is CC/C=C(\N=C(N)c1ccc(N)cc1)C1(SC2CC2)CCCC1.CNCCO. The fourth-order valence-corrected chi connectivity index (χ4v) is 5.16. The fraction of sp³-hybridized carbons (Fsp3) is 0.591. The average Bonchev–Trinajstić information content (AvgIpc) is 3.37. The molecule has 6 N–H and O–H groups in total. The Kier molecular flexibility index (Phi) is 9.35. The van der Waals surface area contributed by atoms with Gasteiger partial charge in [0.05, 0.1) is 17.1 Å². The van der Waals surface area contributed by atoms with E-state index < -0.39 is 0 Å². The zero-order valence-corrected chi connectivity index (χ0v) is 18.1. The Morgan fingerprint density at radius 2 is 1.93 bits per heavy atom. The summed E-state index contributed by atoms with van der Waals surface area (Å²) in [7, 11) is 1.80. The van der Waals surface area contributed by atoms with Crippen LogP contribution < -0.4 is 16.8 Å². The molecule has 2 aliphatic rings. The van der Waals surface area contributed by atoms with Gasteiger partial charge in [0.15, 0.2) is 0 Å². The molecule has 0 saturated heterocycles. The number of thioether (sulfide) groups is 1. The number of hydrogen-bond donors (Lipinski definition) is 4. The molecule has 2 aliphatic carbocycles. The second-order valence-electron chi connectivity index (χ2n) is 7.46. The summed E-state index contributed by atoms with van der Waals surface area (Å²) in [4.78, 5) is 4.90. The minimum atomic E-state index is 0.190. The van der Waals surface area contributed by atoms with Crippen molar-refractivity contribution in [2.24, 2.45) is 10.7 Å². The summed E-state index contributed by atoms with van der Waals surface area (Å²) in [5.74, 6) is 0.604. The molecule has 5 nitrogen and oxygen atoms in total. The van der Waals surface area contributed by atoms with Gasteiger partial charge in [-0.05, 0) is 63.4 Å². The largest absolute Gasteiger partial charge is 0.399 e. The van der Waals surface area contributed by atoms with Gasteiger partial charge in [-0.15, -0.1) is 11.8 Å². The van der Waals surface area contributed by atoms with Crippen LogP contribution in [-0.2, 0) is 0 Å². The topological polar surface area (TPSA) is 96.7 Å². The lowest BCUT2D eigenvalue weighted by Gasteiger charge is -2.29. The van der Waals surface area contributed by atoms with Crippen LogP contribution in [0.3, 0.4) is 0 Å². The second kappa shape index (κ2) is 11.5. The molecule has 0 spiro atoms. The van der Waals surface area contributed by atoms with Crippen LogP contribution >= 0.6 is 11.8 Å². The summed E-state index contributed by atoms with van der Waals surface area (Å²) < 4.78 is 0.190. The van der Waals surface area contributed by atoms with Crippen LogP contribution in [0, 0.1) is 0 Å². The molecule has 0 amide bonds. The molecule has 6 heteroatoms. The lowest BCUT2D eigenvalue weighted by molar-refractivity contribution is 0.296. The van der Waals surface area contributed by atoms with Gasteiger partial charge in [0, 0.05) is 23.0 Å². The molecule has 2 fully saturated rings. The molecule has 28 heavy (non-hydrogen) atoms. The third-order valence-corrected chi connectivity index (χ3v) is 6.87. The fourth-order valence-electron chi connectivity index (χ4n) is 3.37. The zero-order chi connectivity index (χ0) is 20.4. The van der Waals surface area contributed by atoms with E-state index in [4.69, 9.17) is 21.6 Å². The smallest absolute Gasteiger partial charge is 0.130 e. The summed E-state index contributed by atoms with van der Waals surface area (Å²) in [5.41, 5.74) is 15.0. The predicted octanol–water partition coefficient (Wildman–Crippen LogP) is 3.67. The highest BCUT2D eigenvalue weighted by atomic mass is 32.2. The van der Waals surface area contributed by atoms with Crippen molar-refractivity contribution in [1.29, 1.82) is 0 Å². The van der Waals surface area contributed by atoms with Gasteiger partial charge in [-0.1, -0.05) is 25.8 Å². The van der Waals surface area contributed by atoms with Crippen LogP contribution in [-0.4, -0.2) is 41.1 Å². The van der Waals surface area contributed by atoms with Crippen LogP contribution in [0.15, 0.2) is 41.0 Å². The number of amidine groups is 1. The van der Waals surface area contributed by atoms with Crippen molar-refractivity contribution < 1.29 is 5.11 Å². The summed E-state index contributed by atoms with van der Waals surface area (Å²) in [6.45, 7) is 3.11. The minimum Gasteiger partial charge on any atom is -0.399 e. The number of nitrogen functional groups attached to an aromatic ring is 1. The number of nitrogens with one attached hydrogen (secondary N) is 1. The standard InChI is InChI=1S/C19H27N3S.C3H9NO/c1-2-5-17(19(12-3-4-13-19)23-16-10-11-16)22-18(21)14-6-8-15(20)9-7-14;1-4-2-3-5/h5-9,16H,2-4,10-13,20H2,1H3,(H2,21,22);4-5H,2-3H2,1H3/b17-5-;. The first-order valence-electron chi connectivity index (χ1n) is 10.4. The lowest BCUT2D eigenvalue weighted by atomic mass is 10.0. The monoisotopic (exact) mass is 404 g/mol. The summed E-state index contributed by atoms with van der Waals surface area (Å²) in [6, 6.07) is 7.66. The number of nitrogens with zero attached hydrogens (tertiary/aromatic N) is 1. The van der Waals surface area contributed by atoms with Gasteiger partial charge in [0.25, 0.3) is 0 Å². The number of aliphatic hydroxyl groups is 1. The summed E-state index contributed by atoms with van der Waals surface area (Å²) >= 11 is 2.16. The molecule has 0 radical (unpaired) electrons. The van der Waals surface area contributed by atoms with E-state index in [9.17, 15) is 0 Å².